The molecular formula is C29H31N5O2. The van der Waals surface area contributed by atoms with Crippen molar-refractivity contribution in [2.75, 3.05) is 13.1 Å². The first-order valence-electron chi connectivity index (χ1n) is 13.2. The van der Waals surface area contributed by atoms with Crippen molar-refractivity contribution >= 4 is 11.6 Å². The van der Waals surface area contributed by atoms with Gasteiger partial charge in [-0.3, -0.25) is 19.7 Å². The summed E-state index contributed by atoms with van der Waals surface area (Å²) in [5.41, 5.74) is 9.03. The number of pyridine rings is 1. The maximum atomic E-state index is 13.3. The molecule has 5 heterocycles. The minimum atomic E-state index is 0.235. The van der Waals surface area contributed by atoms with Crippen LogP contribution in [0.15, 0.2) is 46.0 Å². The zero-order valence-electron chi connectivity index (χ0n) is 20.7. The van der Waals surface area contributed by atoms with Gasteiger partial charge in [-0.1, -0.05) is 11.2 Å². The Kier molecular flexibility index (Phi) is 5.27. The van der Waals surface area contributed by atoms with Crippen molar-refractivity contribution in [3.8, 4) is 0 Å². The lowest BCUT2D eigenvalue weighted by molar-refractivity contribution is -0.135. The zero-order valence-corrected chi connectivity index (χ0v) is 20.7. The molecule has 2 aromatic heterocycles. The largest absolute Gasteiger partial charge is 0.361 e. The van der Waals surface area contributed by atoms with Crippen LogP contribution in [0.25, 0.3) is 0 Å². The summed E-state index contributed by atoms with van der Waals surface area (Å²) in [5, 5.41) is 4.31. The van der Waals surface area contributed by atoms with Crippen molar-refractivity contribution in [1.82, 2.24) is 19.9 Å². The maximum Gasteiger partial charge on any atom is 0.227 e. The molecule has 0 bridgehead atoms. The minimum absolute atomic E-state index is 0.235. The number of fused-ring (bicyclic) bond motifs is 2. The van der Waals surface area contributed by atoms with Gasteiger partial charge in [-0.15, -0.1) is 0 Å². The van der Waals surface area contributed by atoms with Crippen LogP contribution in [0.3, 0.4) is 0 Å². The molecule has 0 spiro atoms. The summed E-state index contributed by atoms with van der Waals surface area (Å²) < 4.78 is 5.56. The highest BCUT2D eigenvalue weighted by Crippen LogP contribution is 2.40. The molecule has 36 heavy (non-hydrogen) atoms. The minimum Gasteiger partial charge on any atom is -0.361 e. The van der Waals surface area contributed by atoms with Gasteiger partial charge in [0.2, 0.25) is 5.91 Å². The monoisotopic (exact) mass is 481 g/mol. The lowest BCUT2D eigenvalue weighted by Gasteiger charge is -2.41. The van der Waals surface area contributed by atoms with Gasteiger partial charge in [-0.05, 0) is 74.0 Å². The number of piperidine rings is 1. The number of aromatic nitrogens is 2. The second kappa shape index (κ2) is 8.66. The third-order valence-corrected chi connectivity index (χ3v) is 8.12. The molecule has 0 unspecified atom stereocenters. The molecular weight excluding hydrogens is 450 g/mol. The summed E-state index contributed by atoms with van der Waals surface area (Å²) in [6.07, 6.45) is 6.92. The molecule has 4 aliphatic rings. The van der Waals surface area contributed by atoms with Gasteiger partial charge in [0.15, 0.2) is 0 Å². The van der Waals surface area contributed by atoms with Crippen molar-refractivity contribution in [1.29, 1.82) is 0 Å². The highest BCUT2D eigenvalue weighted by atomic mass is 16.5. The number of aryl methyl sites for hydroxylation is 1. The summed E-state index contributed by atoms with van der Waals surface area (Å²) in [7, 11) is 0. The smallest absolute Gasteiger partial charge is 0.227 e. The Labute approximate surface area is 211 Å². The third kappa shape index (κ3) is 4.05. The molecule has 0 N–H and O–H groups in total. The second-order valence-electron chi connectivity index (χ2n) is 10.9. The molecule has 1 atom stereocenters. The molecule has 2 fully saturated rings. The van der Waals surface area contributed by atoms with Gasteiger partial charge in [-0.25, -0.2) is 0 Å². The zero-order chi connectivity index (χ0) is 24.2. The lowest BCUT2D eigenvalue weighted by Crippen LogP contribution is -2.51. The summed E-state index contributed by atoms with van der Waals surface area (Å²) in [6, 6.07) is 11.0. The third-order valence-electron chi connectivity index (χ3n) is 8.12. The Morgan fingerprint density at radius 2 is 2.00 bits per heavy atom. The molecule has 184 valence electrons. The molecule has 7 rings (SSSR count). The first kappa shape index (κ1) is 21.9. The van der Waals surface area contributed by atoms with E-state index in [2.05, 4.69) is 44.2 Å². The van der Waals surface area contributed by atoms with Gasteiger partial charge >= 0.3 is 0 Å². The van der Waals surface area contributed by atoms with Gasteiger partial charge in [0.25, 0.3) is 0 Å². The average Bonchev–Trinajstić information content (AvgIpc) is 3.49. The van der Waals surface area contributed by atoms with Crippen LogP contribution in [0.4, 0.5) is 0 Å². The van der Waals surface area contributed by atoms with Crippen molar-refractivity contribution in [2.24, 2.45) is 4.99 Å². The van der Waals surface area contributed by atoms with E-state index < -0.39 is 0 Å². The normalized spacial score (nSPS) is 21.9. The van der Waals surface area contributed by atoms with E-state index in [9.17, 15) is 4.79 Å². The maximum absolute atomic E-state index is 13.3. The molecule has 1 saturated carbocycles. The Bertz CT molecular complexity index is 1370. The molecule has 1 aliphatic carbocycles. The van der Waals surface area contributed by atoms with Gasteiger partial charge in [0, 0.05) is 60.7 Å². The van der Waals surface area contributed by atoms with Crippen LogP contribution in [0.1, 0.15) is 76.6 Å². The van der Waals surface area contributed by atoms with Crippen LogP contribution in [0.2, 0.25) is 0 Å². The van der Waals surface area contributed by atoms with Crippen LogP contribution in [-0.4, -0.2) is 50.7 Å². The number of aliphatic imine (C=N–C) groups is 1. The summed E-state index contributed by atoms with van der Waals surface area (Å²) in [4.78, 5) is 27.0. The van der Waals surface area contributed by atoms with Crippen LogP contribution in [0, 0.1) is 6.92 Å². The molecule has 0 radical (unpaired) electrons. The lowest BCUT2D eigenvalue weighted by atomic mass is 9.90. The molecule has 3 aliphatic heterocycles. The molecule has 1 saturated heterocycles. The topological polar surface area (TPSA) is 74.8 Å². The van der Waals surface area contributed by atoms with E-state index in [-0.39, 0.29) is 11.9 Å². The fraction of sp³-hybridized carbons (Fsp3) is 0.448. The Hall–Kier alpha value is -3.32. The van der Waals surface area contributed by atoms with E-state index in [1.807, 2.05) is 19.2 Å². The molecule has 7 nitrogen and oxygen atoms in total. The fourth-order valence-corrected chi connectivity index (χ4v) is 6.08. The molecule has 1 aromatic carbocycles. The summed E-state index contributed by atoms with van der Waals surface area (Å²) in [6.45, 7) is 6.10. The van der Waals surface area contributed by atoms with E-state index in [4.69, 9.17) is 9.52 Å². The van der Waals surface area contributed by atoms with Crippen molar-refractivity contribution < 1.29 is 9.32 Å². The van der Waals surface area contributed by atoms with Gasteiger partial charge in [-0.2, -0.15) is 0 Å². The number of benzene rings is 1. The Balaban J connectivity index is 1.09. The quantitative estimate of drug-likeness (QED) is 0.547. The fourth-order valence-electron chi connectivity index (χ4n) is 6.08. The number of nitrogens with zero attached hydrogens (tertiary/aromatic N) is 5. The summed E-state index contributed by atoms with van der Waals surface area (Å²) in [5.74, 6) is 1.87. The van der Waals surface area contributed by atoms with E-state index >= 15 is 0 Å². The average molecular weight is 482 g/mol. The second-order valence-corrected chi connectivity index (χ2v) is 10.9. The van der Waals surface area contributed by atoms with E-state index in [1.54, 1.807) is 0 Å². The SMILES string of the molecule is Cc1cc(C2=NCc3cc4c(cc32)CN([C@@H]2CCCN(Cc3cc(C5CC5)on3)C2)C(=O)C4)ccn1. The number of hydrogen-bond donors (Lipinski definition) is 0. The van der Waals surface area contributed by atoms with Crippen molar-refractivity contribution in [2.45, 2.75) is 70.6 Å². The van der Waals surface area contributed by atoms with E-state index in [0.29, 0.717) is 25.4 Å². The van der Waals surface area contributed by atoms with Crippen molar-refractivity contribution in [3.05, 3.63) is 81.5 Å². The van der Waals surface area contributed by atoms with Crippen LogP contribution in [-0.2, 0) is 30.8 Å². The highest BCUT2D eigenvalue weighted by Gasteiger charge is 2.34. The number of hydrogen-bond acceptors (Lipinski definition) is 6. The standard InChI is InChI=1S/C29H31N5O2/c1-18-9-20(6-7-30-18)29-26-11-23-15-34(28(35)12-21(23)10-22(26)14-31-29)25-3-2-8-33(17-25)16-24-13-27(36-32-24)19-4-5-19/h6-7,9-11,13,19,25H,2-5,8,12,14-17H2,1H3/t25-/m1/s1. The number of carbonyl (C=O) groups is 1. The van der Waals surface area contributed by atoms with E-state index in [1.165, 1.54) is 35.1 Å². The van der Waals surface area contributed by atoms with Gasteiger partial charge < -0.3 is 9.42 Å². The molecule has 7 heteroatoms. The molecule has 1 amide bonds. The van der Waals surface area contributed by atoms with Crippen molar-refractivity contribution in [3.63, 3.8) is 0 Å². The first-order chi connectivity index (χ1) is 17.6. The number of likely N-dealkylation sites (tertiary alicyclic amines) is 1. The van der Waals surface area contributed by atoms with Crippen LogP contribution in [0.5, 0.6) is 0 Å². The number of amides is 1. The van der Waals surface area contributed by atoms with E-state index in [0.717, 1.165) is 60.9 Å². The highest BCUT2D eigenvalue weighted by molar-refractivity contribution is 6.15. The first-order valence-corrected chi connectivity index (χ1v) is 13.2. The number of carbonyl (C=O) groups excluding carboxylic acids is 1. The predicted molar refractivity (Wildman–Crippen MR) is 136 cm³/mol. The molecule has 3 aromatic rings. The predicted octanol–water partition coefficient (Wildman–Crippen LogP) is 4.16. The van der Waals surface area contributed by atoms with Gasteiger partial charge in [0.05, 0.1) is 24.4 Å². The van der Waals surface area contributed by atoms with Gasteiger partial charge in [0.1, 0.15) is 5.76 Å². The Morgan fingerprint density at radius 1 is 1.08 bits per heavy atom. The Morgan fingerprint density at radius 3 is 2.86 bits per heavy atom. The van der Waals surface area contributed by atoms with Crippen LogP contribution < -0.4 is 0 Å². The number of rotatable bonds is 5. The van der Waals surface area contributed by atoms with Crippen LogP contribution >= 0.6 is 0 Å². The summed E-state index contributed by atoms with van der Waals surface area (Å²) >= 11 is 0.